The first kappa shape index (κ1) is 25.3. The first-order chi connectivity index (χ1) is 17.4. The molecule has 0 amide bonds. The van der Waals surface area contributed by atoms with Crippen molar-refractivity contribution in [2.24, 2.45) is 0 Å². The van der Waals surface area contributed by atoms with Crippen LogP contribution in [0.2, 0.25) is 5.02 Å². The quantitative estimate of drug-likeness (QED) is 0.349. The largest absolute Gasteiger partial charge is 0.300 e. The maximum atomic E-state index is 14.0. The standard InChI is InChI=1S/C30H35ClN2O2S/c1-23-9-5-8-14-30(23)36(34,35)33(26-17-15-25(31)16-18-26)27-19-21-32(22-20-27)29-13-7-6-12-28(29)24-10-3-2-4-11-24/h2-5,8-11,14-18,27-29H,6-7,12-13,19-22H2,1H3/t28-,29-/m1/s1. The summed E-state index contributed by atoms with van der Waals surface area (Å²) in [5.74, 6) is 0.555. The van der Waals surface area contributed by atoms with E-state index in [2.05, 4.69) is 35.2 Å². The van der Waals surface area contributed by atoms with E-state index < -0.39 is 10.0 Å². The summed E-state index contributed by atoms with van der Waals surface area (Å²) in [5.41, 5.74) is 2.89. The van der Waals surface area contributed by atoms with Gasteiger partial charge in [0.2, 0.25) is 0 Å². The third-order valence-electron chi connectivity index (χ3n) is 7.97. The fourth-order valence-electron chi connectivity index (χ4n) is 6.18. The zero-order valence-corrected chi connectivity index (χ0v) is 22.5. The molecule has 0 bridgehead atoms. The molecule has 0 spiro atoms. The molecule has 0 unspecified atom stereocenters. The van der Waals surface area contributed by atoms with Crippen LogP contribution in [-0.4, -0.2) is 38.5 Å². The monoisotopic (exact) mass is 522 g/mol. The van der Waals surface area contributed by atoms with Crippen LogP contribution in [0.5, 0.6) is 0 Å². The molecule has 1 heterocycles. The van der Waals surface area contributed by atoms with Crippen LogP contribution in [0, 0.1) is 6.92 Å². The zero-order valence-electron chi connectivity index (χ0n) is 20.9. The highest BCUT2D eigenvalue weighted by Gasteiger charge is 2.38. The van der Waals surface area contributed by atoms with Crippen molar-refractivity contribution in [3.05, 3.63) is 95.0 Å². The lowest BCUT2D eigenvalue weighted by Crippen LogP contribution is -2.51. The Morgan fingerprint density at radius 3 is 2.14 bits per heavy atom. The molecule has 0 radical (unpaired) electrons. The van der Waals surface area contributed by atoms with Crippen molar-refractivity contribution in [3.8, 4) is 0 Å². The van der Waals surface area contributed by atoms with E-state index in [0.29, 0.717) is 27.6 Å². The summed E-state index contributed by atoms with van der Waals surface area (Å²) in [7, 11) is -3.72. The minimum absolute atomic E-state index is 0.0919. The summed E-state index contributed by atoms with van der Waals surface area (Å²) < 4.78 is 29.7. The van der Waals surface area contributed by atoms with E-state index in [9.17, 15) is 8.42 Å². The Morgan fingerprint density at radius 1 is 0.806 bits per heavy atom. The third-order valence-corrected chi connectivity index (χ3v) is 10.3. The fraction of sp³-hybridized carbons (Fsp3) is 0.400. The van der Waals surface area contributed by atoms with Crippen molar-refractivity contribution >= 4 is 27.3 Å². The first-order valence-corrected chi connectivity index (χ1v) is 14.9. The van der Waals surface area contributed by atoms with Gasteiger partial charge in [0.15, 0.2) is 0 Å². The summed E-state index contributed by atoms with van der Waals surface area (Å²) in [6.45, 7) is 3.68. The molecule has 6 heteroatoms. The number of aryl methyl sites for hydroxylation is 1. The second-order valence-electron chi connectivity index (χ2n) is 10.2. The van der Waals surface area contributed by atoms with Gasteiger partial charge in [0.05, 0.1) is 10.6 Å². The lowest BCUT2D eigenvalue weighted by molar-refractivity contribution is 0.107. The Morgan fingerprint density at radius 2 is 1.44 bits per heavy atom. The van der Waals surface area contributed by atoms with Crippen LogP contribution >= 0.6 is 11.6 Å². The summed E-state index contributed by atoms with van der Waals surface area (Å²) in [6, 6.07) is 25.8. The normalized spacial score (nSPS) is 21.8. The predicted molar refractivity (Wildman–Crippen MR) is 148 cm³/mol. The van der Waals surface area contributed by atoms with E-state index >= 15 is 0 Å². The molecule has 36 heavy (non-hydrogen) atoms. The molecule has 2 atom stereocenters. The van der Waals surface area contributed by atoms with Crippen LogP contribution in [0.3, 0.4) is 0 Å². The molecule has 3 aromatic rings. The van der Waals surface area contributed by atoms with Crippen LogP contribution in [-0.2, 0) is 10.0 Å². The van der Waals surface area contributed by atoms with Crippen LogP contribution < -0.4 is 4.31 Å². The maximum absolute atomic E-state index is 14.0. The van der Waals surface area contributed by atoms with Crippen molar-refractivity contribution in [1.29, 1.82) is 0 Å². The highest BCUT2D eigenvalue weighted by molar-refractivity contribution is 7.93. The molecule has 3 aromatic carbocycles. The minimum atomic E-state index is -3.72. The smallest absolute Gasteiger partial charge is 0.264 e. The summed E-state index contributed by atoms with van der Waals surface area (Å²) in [5, 5.41) is 0.603. The highest BCUT2D eigenvalue weighted by Crippen LogP contribution is 2.39. The molecule has 2 fully saturated rings. The van der Waals surface area contributed by atoms with Gasteiger partial charge in [0.1, 0.15) is 0 Å². The van der Waals surface area contributed by atoms with E-state index in [4.69, 9.17) is 11.6 Å². The number of nitrogens with zero attached hydrogens (tertiary/aromatic N) is 2. The van der Waals surface area contributed by atoms with Gasteiger partial charge >= 0.3 is 0 Å². The molecular formula is C30H35ClN2O2S. The van der Waals surface area contributed by atoms with E-state index in [1.807, 2.05) is 31.2 Å². The van der Waals surface area contributed by atoms with Crippen LogP contribution in [0.1, 0.15) is 55.6 Å². The van der Waals surface area contributed by atoms with Gasteiger partial charge in [0, 0.05) is 30.2 Å². The van der Waals surface area contributed by atoms with Gasteiger partial charge in [-0.05, 0) is 80.0 Å². The fourth-order valence-corrected chi connectivity index (χ4v) is 8.24. The van der Waals surface area contributed by atoms with Gasteiger partial charge in [0.25, 0.3) is 10.0 Å². The molecule has 190 valence electrons. The van der Waals surface area contributed by atoms with Crippen molar-refractivity contribution in [2.75, 3.05) is 17.4 Å². The Kier molecular flexibility index (Phi) is 7.71. The Balaban J connectivity index is 1.40. The number of hydrogen-bond acceptors (Lipinski definition) is 3. The van der Waals surface area contributed by atoms with Gasteiger partial charge in [-0.25, -0.2) is 8.42 Å². The molecule has 1 saturated heterocycles. The molecule has 0 aromatic heterocycles. The second-order valence-corrected chi connectivity index (χ2v) is 12.4. The number of sulfonamides is 1. The lowest BCUT2D eigenvalue weighted by Gasteiger charge is -2.45. The molecule has 1 aliphatic carbocycles. The topological polar surface area (TPSA) is 40.6 Å². The van der Waals surface area contributed by atoms with Gasteiger partial charge < -0.3 is 0 Å². The van der Waals surface area contributed by atoms with Gasteiger partial charge in [-0.2, -0.15) is 0 Å². The summed E-state index contributed by atoms with van der Waals surface area (Å²) in [4.78, 5) is 3.01. The van der Waals surface area contributed by atoms with E-state index in [-0.39, 0.29) is 6.04 Å². The van der Waals surface area contributed by atoms with Crippen molar-refractivity contribution < 1.29 is 8.42 Å². The van der Waals surface area contributed by atoms with Crippen LogP contribution in [0.15, 0.2) is 83.8 Å². The first-order valence-electron chi connectivity index (χ1n) is 13.1. The molecule has 2 aliphatic rings. The summed E-state index contributed by atoms with van der Waals surface area (Å²) in [6.07, 6.45) is 6.62. The van der Waals surface area contributed by atoms with Crippen molar-refractivity contribution in [1.82, 2.24) is 4.90 Å². The van der Waals surface area contributed by atoms with Gasteiger partial charge in [-0.15, -0.1) is 0 Å². The number of halogens is 1. The average molecular weight is 523 g/mol. The van der Waals surface area contributed by atoms with Gasteiger partial charge in [-0.3, -0.25) is 9.21 Å². The average Bonchev–Trinajstić information content (AvgIpc) is 2.91. The molecule has 5 rings (SSSR count). The third kappa shape index (κ3) is 5.20. The molecular weight excluding hydrogens is 488 g/mol. The second kappa shape index (κ2) is 11.0. The van der Waals surface area contributed by atoms with E-state index in [1.165, 1.54) is 31.2 Å². The predicted octanol–water partition coefficient (Wildman–Crippen LogP) is 7.03. The van der Waals surface area contributed by atoms with Crippen LogP contribution in [0.25, 0.3) is 0 Å². The Bertz CT molecular complexity index is 1260. The molecule has 1 saturated carbocycles. The van der Waals surface area contributed by atoms with Crippen molar-refractivity contribution in [3.63, 3.8) is 0 Å². The van der Waals surface area contributed by atoms with Crippen molar-refractivity contribution in [2.45, 2.75) is 68.3 Å². The Labute approximate surface area is 220 Å². The minimum Gasteiger partial charge on any atom is -0.300 e. The number of benzene rings is 3. The van der Waals surface area contributed by atoms with Gasteiger partial charge in [-0.1, -0.05) is 73.0 Å². The van der Waals surface area contributed by atoms with E-state index in [0.717, 1.165) is 31.5 Å². The number of anilines is 1. The zero-order chi connectivity index (χ0) is 25.1. The van der Waals surface area contributed by atoms with Crippen LogP contribution in [0.4, 0.5) is 5.69 Å². The molecule has 4 nitrogen and oxygen atoms in total. The Hall–Kier alpha value is -2.34. The summed E-state index contributed by atoms with van der Waals surface area (Å²) >= 11 is 6.15. The highest BCUT2D eigenvalue weighted by atomic mass is 35.5. The molecule has 1 aliphatic heterocycles. The number of rotatable bonds is 6. The SMILES string of the molecule is Cc1ccccc1S(=O)(=O)N(c1ccc(Cl)cc1)C1CCN([C@@H]2CCCC[C@@H]2c2ccccc2)CC1. The molecule has 0 N–H and O–H groups in total. The maximum Gasteiger partial charge on any atom is 0.264 e. The van der Waals surface area contributed by atoms with E-state index in [1.54, 1.807) is 28.6 Å². The lowest BCUT2D eigenvalue weighted by atomic mass is 9.78. The number of hydrogen-bond donors (Lipinski definition) is 0. The number of likely N-dealkylation sites (tertiary alicyclic amines) is 1. The number of piperidine rings is 1.